The number of nitrogens with zero attached hydrogens (tertiary/aromatic N) is 3. The first kappa shape index (κ1) is 13.5. The molecule has 1 fully saturated rings. The van der Waals surface area contributed by atoms with Crippen molar-refractivity contribution in [1.29, 1.82) is 5.41 Å². The van der Waals surface area contributed by atoms with Gasteiger partial charge in [0.2, 0.25) is 5.62 Å². The Labute approximate surface area is 117 Å². The molecule has 1 saturated carbocycles. The van der Waals surface area contributed by atoms with E-state index in [2.05, 4.69) is 15.0 Å². The molecule has 0 bridgehead atoms. The third-order valence-corrected chi connectivity index (χ3v) is 4.38. The third kappa shape index (κ3) is 1.68. The van der Waals surface area contributed by atoms with Gasteiger partial charge in [-0.1, -0.05) is 11.6 Å². The number of hydrogen-bond acceptors (Lipinski definition) is 5. The van der Waals surface area contributed by atoms with Crippen LogP contribution in [0.4, 0.5) is 4.39 Å². The van der Waals surface area contributed by atoms with E-state index in [9.17, 15) is 14.6 Å². The first-order valence-corrected chi connectivity index (χ1v) is 6.39. The number of H-pyrrole nitrogens is 1. The summed E-state index contributed by atoms with van der Waals surface area (Å²) in [6.45, 7) is -1.15. The summed E-state index contributed by atoms with van der Waals surface area (Å²) in [7, 11) is 0. The second-order valence-electron chi connectivity index (χ2n) is 5.15. The van der Waals surface area contributed by atoms with Gasteiger partial charge in [0.05, 0.1) is 31.5 Å². The predicted molar refractivity (Wildman–Crippen MR) is 67.8 cm³/mol. The Balaban J connectivity index is 2.02. The molecule has 2 aromatic heterocycles. The minimum absolute atomic E-state index is 0.0246. The zero-order valence-corrected chi connectivity index (χ0v) is 11.2. The maximum Gasteiger partial charge on any atom is 0.225 e. The Morgan fingerprint density at radius 1 is 1.50 bits per heavy atom. The molecular weight excluding hydrogens is 289 g/mol. The van der Waals surface area contributed by atoms with Crippen molar-refractivity contribution in [3.8, 4) is 0 Å². The Morgan fingerprint density at radius 2 is 2.20 bits per heavy atom. The fraction of sp³-hybridized carbons (Fsp3) is 0.545. The van der Waals surface area contributed by atoms with Gasteiger partial charge in [-0.25, -0.2) is 9.37 Å². The maximum absolute atomic E-state index is 14.7. The molecule has 1 aliphatic rings. The minimum atomic E-state index is -1.80. The number of imidazole rings is 1. The summed E-state index contributed by atoms with van der Waals surface area (Å²) in [5.74, 6) is 0. The van der Waals surface area contributed by atoms with Gasteiger partial charge in [0, 0.05) is 0 Å². The fourth-order valence-corrected chi connectivity index (χ4v) is 2.75. The Hall–Kier alpha value is -1.51. The van der Waals surface area contributed by atoms with Gasteiger partial charge in [-0.3, -0.25) is 9.98 Å². The first-order valence-electron chi connectivity index (χ1n) is 6.01. The number of rotatable bonds is 4. The quantitative estimate of drug-likeness (QED) is 0.594. The summed E-state index contributed by atoms with van der Waals surface area (Å²) >= 11 is 6.14. The van der Waals surface area contributed by atoms with E-state index < -0.39 is 24.3 Å². The third-order valence-electron chi connectivity index (χ3n) is 3.99. The van der Waals surface area contributed by atoms with E-state index in [1.807, 2.05) is 0 Å². The smallest absolute Gasteiger partial charge is 0.225 e. The Bertz CT molecular complexity index is 725. The predicted octanol–water partition coefficient (Wildman–Crippen LogP) is -0.0247. The molecule has 108 valence electrons. The second-order valence-corrected chi connectivity index (χ2v) is 5.51. The van der Waals surface area contributed by atoms with Crippen LogP contribution in [0.3, 0.4) is 0 Å². The van der Waals surface area contributed by atoms with Crippen LogP contribution in [0.15, 0.2) is 6.33 Å². The molecule has 2 aromatic rings. The van der Waals surface area contributed by atoms with Crippen LogP contribution in [0.5, 0.6) is 0 Å². The average Bonchev–Trinajstić information content (AvgIpc) is 2.77. The van der Waals surface area contributed by atoms with Gasteiger partial charge in [0.1, 0.15) is 16.3 Å². The number of fused-ring (bicyclic) bond motifs is 1. The molecule has 1 aliphatic carbocycles. The van der Waals surface area contributed by atoms with Gasteiger partial charge in [-0.2, -0.15) is 4.98 Å². The minimum Gasteiger partial charge on any atom is -0.396 e. The Morgan fingerprint density at radius 3 is 2.80 bits per heavy atom. The molecule has 4 N–H and O–H groups in total. The lowest BCUT2D eigenvalue weighted by atomic mass is 10.1. The Kier molecular flexibility index (Phi) is 2.86. The monoisotopic (exact) mass is 301 g/mol. The standard InChI is InChI=1S/C11H13ClFN5O2/c12-7-6-8(16-5-15-6)17-9(14)18(7)2-11(13)1-10(11,3-19)4-20/h5,19-20H,1-4H2,(H2,14,15,16,17)/t11-/m1/s1. The van der Waals surface area contributed by atoms with E-state index in [1.165, 1.54) is 10.9 Å². The summed E-state index contributed by atoms with van der Waals surface area (Å²) in [4.78, 5) is 10.6. The highest BCUT2D eigenvalue weighted by Crippen LogP contribution is 2.59. The van der Waals surface area contributed by atoms with Gasteiger partial charge in [0.15, 0.2) is 5.65 Å². The second kappa shape index (κ2) is 4.24. The largest absolute Gasteiger partial charge is 0.396 e. The molecule has 0 radical (unpaired) electrons. The van der Waals surface area contributed by atoms with Crippen LogP contribution in [-0.2, 0) is 6.54 Å². The van der Waals surface area contributed by atoms with Crippen LogP contribution < -0.4 is 5.62 Å². The van der Waals surface area contributed by atoms with Gasteiger partial charge >= 0.3 is 0 Å². The highest BCUT2D eigenvalue weighted by molar-refractivity contribution is 6.33. The lowest BCUT2D eigenvalue weighted by molar-refractivity contribution is 0.0721. The molecule has 7 nitrogen and oxygen atoms in total. The van der Waals surface area contributed by atoms with E-state index in [0.29, 0.717) is 5.52 Å². The van der Waals surface area contributed by atoms with Crippen molar-refractivity contribution in [3.05, 3.63) is 17.1 Å². The first-order chi connectivity index (χ1) is 9.46. The lowest BCUT2D eigenvalue weighted by Gasteiger charge is -2.17. The molecule has 0 saturated heterocycles. The molecule has 9 heteroatoms. The average molecular weight is 302 g/mol. The van der Waals surface area contributed by atoms with Crippen LogP contribution in [-0.4, -0.2) is 48.6 Å². The maximum atomic E-state index is 14.7. The zero-order chi connectivity index (χ0) is 14.5. The van der Waals surface area contributed by atoms with E-state index in [0.717, 1.165) is 0 Å². The van der Waals surface area contributed by atoms with Gasteiger partial charge < -0.3 is 15.2 Å². The number of nitrogens with one attached hydrogen (secondary N) is 2. The normalized spacial score (nSPS) is 24.2. The lowest BCUT2D eigenvalue weighted by Crippen LogP contribution is -2.33. The molecule has 0 aromatic carbocycles. The molecule has 0 amide bonds. The van der Waals surface area contributed by atoms with Crippen molar-refractivity contribution in [2.24, 2.45) is 5.41 Å². The van der Waals surface area contributed by atoms with Crippen molar-refractivity contribution < 1.29 is 14.6 Å². The number of aliphatic hydroxyl groups is 2. The van der Waals surface area contributed by atoms with Crippen LogP contribution in [0.1, 0.15) is 6.42 Å². The summed E-state index contributed by atoms with van der Waals surface area (Å²) in [6, 6.07) is 0. The van der Waals surface area contributed by atoms with Crippen LogP contribution in [0.25, 0.3) is 11.2 Å². The van der Waals surface area contributed by atoms with E-state index >= 15 is 0 Å². The summed E-state index contributed by atoms with van der Waals surface area (Å²) in [6.07, 6.45) is 1.41. The highest BCUT2D eigenvalue weighted by Gasteiger charge is 2.68. The molecule has 0 unspecified atom stereocenters. The summed E-state index contributed by atoms with van der Waals surface area (Å²) < 4.78 is 15.9. The number of aromatic amines is 1. The summed E-state index contributed by atoms with van der Waals surface area (Å²) in [5, 5.41) is 26.4. The van der Waals surface area contributed by atoms with Gasteiger partial charge in [0.25, 0.3) is 0 Å². The number of hydrogen-bond donors (Lipinski definition) is 4. The van der Waals surface area contributed by atoms with E-state index in [4.69, 9.17) is 17.0 Å². The van der Waals surface area contributed by atoms with Crippen LogP contribution in [0.2, 0.25) is 5.15 Å². The molecule has 20 heavy (non-hydrogen) atoms. The highest BCUT2D eigenvalue weighted by atomic mass is 35.5. The molecule has 1 atom stereocenters. The fourth-order valence-electron chi connectivity index (χ4n) is 2.47. The zero-order valence-electron chi connectivity index (χ0n) is 10.4. The topological polar surface area (TPSA) is 111 Å². The number of halogens is 2. The van der Waals surface area contributed by atoms with E-state index in [-0.39, 0.29) is 29.4 Å². The molecular formula is C11H13ClFN5O2. The summed E-state index contributed by atoms with van der Waals surface area (Å²) in [5.41, 5.74) is -2.47. The number of aromatic nitrogens is 4. The number of alkyl halides is 1. The van der Waals surface area contributed by atoms with Crippen LogP contribution >= 0.6 is 11.6 Å². The SMILES string of the molecule is N=c1nc2nc[nH]c2c(Cl)n1C[C@]1(F)CC1(CO)CO. The van der Waals surface area contributed by atoms with Crippen molar-refractivity contribution in [2.75, 3.05) is 13.2 Å². The molecule has 0 spiro atoms. The van der Waals surface area contributed by atoms with Crippen molar-refractivity contribution in [2.45, 2.75) is 18.6 Å². The van der Waals surface area contributed by atoms with Crippen molar-refractivity contribution in [3.63, 3.8) is 0 Å². The van der Waals surface area contributed by atoms with Gasteiger partial charge in [-0.05, 0) is 6.42 Å². The molecule has 2 heterocycles. The number of aliphatic hydroxyl groups excluding tert-OH is 2. The van der Waals surface area contributed by atoms with Crippen LogP contribution in [0, 0.1) is 10.8 Å². The van der Waals surface area contributed by atoms with Gasteiger partial charge in [-0.15, -0.1) is 0 Å². The molecule has 3 rings (SSSR count). The van der Waals surface area contributed by atoms with Crippen molar-refractivity contribution in [1.82, 2.24) is 19.5 Å². The molecule has 0 aliphatic heterocycles. The van der Waals surface area contributed by atoms with E-state index in [1.54, 1.807) is 0 Å². The van der Waals surface area contributed by atoms with Crippen molar-refractivity contribution >= 4 is 22.8 Å².